The zero-order chi connectivity index (χ0) is 15.4. The third kappa shape index (κ3) is 2.89. The van der Waals surface area contributed by atoms with Crippen molar-refractivity contribution in [1.29, 1.82) is 0 Å². The van der Waals surface area contributed by atoms with Gasteiger partial charge in [-0.2, -0.15) is 0 Å². The second-order valence-electron chi connectivity index (χ2n) is 5.30. The summed E-state index contributed by atoms with van der Waals surface area (Å²) >= 11 is 0. The number of carbonyl (C=O) groups is 1. The second kappa shape index (κ2) is 6.48. The number of fused-ring (bicyclic) bond motifs is 1. The van der Waals surface area contributed by atoms with Crippen LogP contribution in [0.3, 0.4) is 0 Å². The van der Waals surface area contributed by atoms with Crippen molar-refractivity contribution in [3.8, 4) is 5.75 Å². The number of anilines is 1. The number of nitrogens with zero attached hydrogens (tertiary/aromatic N) is 1. The fourth-order valence-corrected chi connectivity index (χ4v) is 2.82. The fraction of sp³-hybridized carbons (Fsp3) is 0.211. The highest BCUT2D eigenvalue weighted by Crippen LogP contribution is 2.27. The molecule has 0 saturated heterocycles. The van der Waals surface area contributed by atoms with E-state index in [9.17, 15) is 4.79 Å². The Morgan fingerprint density at radius 3 is 2.77 bits per heavy atom. The molecule has 0 radical (unpaired) electrons. The molecule has 1 aliphatic heterocycles. The van der Waals surface area contributed by atoms with Gasteiger partial charge in [-0.1, -0.05) is 36.4 Å². The molecule has 1 heterocycles. The molecule has 0 aromatic heterocycles. The van der Waals surface area contributed by atoms with E-state index in [1.165, 1.54) is 5.56 Å². The normalized spacial score (nSPS) is 14.0. The van der Waals surface area contributed by atoms with E-state index in [1.807, 2.05) is 53.4 Å². The van der Waals surface area contributed by atoms with E-state index in [0.29, 0.717) is 0 Å². The van der Waals surface area contributed by atoms with Crippen LogP contribution in [0.2, 0.25) is 0 Å². The molecular weight excluding hydrogens is 274 g/mol. The van der Waals surface area contributed by atoms with E-state index in [1.54, 1.807) is 13.2 Å². The Kier molecular flexibility index (Phi) is 4.24. The van der Waals surface area contributed by atoms with Gasteiger partial charge in [0.1, 0.15) is 5.75 Å². The number of hydrogen-bond donors (Lipinski definition) is 0. The van der Waals surface area contributed by atoms with Crippen LogP contribution in [0.1, 0.15) is 17.5 Å². The van der Waals surface area contributed by atoms with Crippen LogP contribution in [0.5, 0.6) is 5.75 Å². The molecule has 22 heavy (non-hydrogen) atoms. The minimum Gasteiger partial charge on any atom is -0.496 e. The Morgan fingerprint density at radius 1 is 1.14 bits per heavy atom. The zero-order valence-corrected chi connectivity index (χ0v) is 12.7. The summed E-state index contributed by atoms with van der Waals surface area (Å²) in [6, 6.07) is 15.8. The van der Waals surface area contributed by atoms with Gasteiger partial charge in [0, 0.05) is 23.9 Å². The lowest BCUT2D eigenvalue weighted by molar-refractivity contribution is -0.114. The molecule has 0 spiro atoms. The van der Waals surface area contributed by atoms with Gasteiger partial charge < -0.3 is 9.64 Å². The van der Waals surface area contributed by atoms with Crippen LogP contribution in [0.15, 0.2) is 54.6 Å². The van der Waals surface area contributed by atoms with Gasteiger partial charge >= 0.3 is 0 Å². The lowest BCUT2D eigenvalue weighted by atomic mass is 10.0. The number of methoxy groups -OCH3 is 1. The Labute approximate surface area is 130 Å². The number of ether oxygens (including phenoxy) is 1. The van der Waals surface area contributed by atoms with Crippen LogP contribution in [-0.2, 0) is 11.2 Å². The average Bonchev–Trinajstić information content (AvgIpc) is 2.59. The first kappa shape index (κ1) is 14.4. The Morgan fingerprint density at radius 2 is 1.91 bits per heavy atom. The number of aryl methyl sites for hydroxylation is 1. The second-order valence-corrected chi connectivity index (χ2v) is 5.30. The maximum absolute atomic E-state index is 12.5. The monoisotopic (exact) mass is 293 g/mol. The fourth-order valence-electron chi connectivity index (χ4n) is 2.82. The summed E-state index contributed by atoms with van der Waals surface area (Å²) in [7, 11) is 1.63. The molecule has 1 aliphatic rings. The summed E-state index contributed by atoms with van der Waals surface area (Å²) in [6.07, 6.45) is 5.49. The molecule has 0 N–H and O–H groups in total. The number of hydrogen-bond acceptors (Lipinski definition) is 2. The first-order valence-corrected chi connectivity index (χ1v) is 7.50. The first-order valence-electron chi connectivity index (χ1n) is 7.50. The maximum Gasteiger partial charge on any atom is 0.250 e. The van der Waals surface area contributed by atoms with Crippen molar-refractivity contribution < 1.29 is 9.53 Å². The molecule has 3 rings (SSSR count). The Bertz CT molecular complexity index is 706. The summed E-state index contributed by atoms with van der Waals surface area (Å²) in [4.78, 5) is 14.4. The van der Waals surface area contributed by atoms with Crippen molar-refractivity contribution in [2.75, 3.05) is 18.6 Å². The third-order valence-electron chi connectivity index (χ3n) is 3.92. The van der Waals surface area contributed by atoms with Gasteiger partial charge in [-0.15, -0.1) is 0 Å². The maximum atomic E-state index is 12.5. The Hall–Kier alpha value is -2.55. The van der Waals surface area contributed by atoms with E-state index < -0.39 is 0 Å². The molecule has 0 atom stereocenters. The summed E-state index contributed by atoms with van der Waals surface area (Å²) in [6.45, 7) is 0.770. The van der Waals surface area contributed by atoms with E-state index in [2.05, 4.69) is 6.07 Å². The predicted octanol–water partition coefficient (Wildman–Crippen LogP) is 3.69. The molecule has 0 unspecified atom stereocenters. The van der Waals surface area contributed by atoms with Crippen molar-refractivity contribution in [1.82, 2.24) is 0 Å². The van der Waals surface area contributed by atoms with Crippen molar-refractivity contribution in [3.63, 3.8) is 0 Å². The van der Waals surface area contributed by atoms with E-state index in [-0.39, 0.29) is 5.91 Å². The van der Waals surface area contributed by atoms with Gasteiger partial charge in [0.15, 0.2) is 0 Å². The molecule has 1 amide bonds. The molecule has 0 bridgehead atoms. The molecule has 0 fully saturated rings. The number of para-hydroxylation sites is 2. The average molecular weight is 293 g/mol. The predicted molar refractivity (Wildman–Crippen MR) is 89.1 cm³/mol. The molecule has 0 saturated carbocycles. The highest BCUT2D eigenvalue weighted by Gasteiger charge is 2.20. The lowest BCUT2D eigenvalue weighted by Crippen LogP contribution is -2.34. The van der Waals surface area contributed by atoms with Crippen LogP contribution in [0.4, 0.5) is 5.69 Å². The van der Waals surface area contributed by atoms with Crippen molar-refractivity contribution in [3.05, 3.63) is 65.7 Å². The van der Waals surface area contributed by atoms with Crippen LogP contribution in [0.25, 0.3) is 6.08 Å². The van der Waals surface area contributed by atoms with Crippen molar-refractivity contribution >= 4 is 17.7 Å². The van der Waals surface area contributed by atoms with Crippen molar-refractivity contribution in [2.24, 2.45) is 0 Å². The van der Waals surface area contributed by atoms with E-state index in [4.69, 9.17) is 4.74 Å². The quantitative estimate of drug-likeness (QED) is 0.808. The van der Waals surface area contributed by atoms with Gasteiger partial charge in [0.2, 0.25) is 0 Å². The third-order valence-corrected chi connectivity index (χ3v) is 3.92. The highest BCUT2D eigenvalue weighted by molar-refractivity contribution is 6.04. The van der Waals surface area contributed by atoms with Crippen LogP contribution in [-0.4, -0.2) is 19.6 Å². The van der Waals surface area contributed by atoms with Crippen molar-refractivity contribution in [2.45, 2.75) is 12.8 Å². The zero-order valence-electron chi connectivity index (χ0n) is 12.7. The number of rotatable bonds is 3. The number of benzene rings is 2. The molecule has 112 valence electrons. The van der Waals surface area contributed by atoms with Gasteiger partial charge in [-0.25, -0.2) is 0 Å². The summed E-state index contributed by atoms with van der Waals surface area (Å²) in [5, 5.41) is 0. The van der Waals surface area contributed by atoms with Gasteiger partial charge in [0.25, 0.3) is 5.91 Å². The number of carbonyl (C=O) groups excluding carboxylic acids is 1. The molecule has 2 aromatic rings. The largest absolute Gasteiger partial charge is 0.496 e. The molecule has 3 heteroatoms. The number of amides is 1. The minimum atomic E-state index is 0.0121. The summed E-state index contributed by atoms with van der Waals surface area (Å²) in [5.74, 6) is 0.781. The van der Waals surface area contributed by atoms with Crippen LogP contribution < -0.4 is 9.64 Å². The standard InChI is InChI=1S/C19H19NO2/c1-22-18-11-5-3-8-16(18)12-13-19(21)20-14-6-9-15-7-2-4-10-17(15)20/h2-5,7-8,10-13H,6,9,14H2,1H3/b13-12+. The summed E-state index contributed by atoms with van der Waals surface area (Å²) < 4.78 is 5.30. The highest BCUT2D eigenvalue weighted by atomic mass is 16.5. The van der Waals surface area contributed by atoms with Crippen LogP contribution in [0, 0.1) is 0 Å². The molecular formula is C19H19NO2. The van der Waals surface area contributed by atoms with E-state index in [0.717, 1.165) is 36.4 Å². The molecule has 0 aliphatic carbocycles. The van der Waals surface area contributed by atoms with Crippen LogP contribution >= 0.6 is 0 Å². The SMILES string of the molecule is COc1ccccc1/C=C/C(=O)N1CCCc2ccccc21. The summed E-state index contributed by atoms with van der Waals surface area (Å²) in [5.41, 5.74) is 3.18. The minimum absolute atomic E-state index is 0.0121. The smallest absolute Gasteiger partial charge is 0.250 e. The van der Waals surface area contributed by atoms with Gasteiger partial charge in [0.05, 0.1) is 7.11 Å². The van der Waals surface area contributed by atoms with E-state index >= 15 is 0 Å². The van der Waals surface area contributed by atoms with Gasteiger partial charge in [-0.05, 0) is 36.6 Å². The molecule has 2 aromatic carbocycles. The topological polar surface area (TPSA) is 29.5 Å². The molecule has 3 nitrogen and oxygen atoms in total. The Balaban J connectivity index is 1.82. The van der Waals surface area contributed by atoms with Gasteiger partial charge in [-0.3, -0.25) is 4.79 Å². The lowest BCUT2D eigenvalue weighted by Gasteiger charge is -2.28. The first-order chi connectivity index (χ1) is 10.8.